The molecule has 5 atom stereocenters. The average molecular weight is 297 g/mol. The van der Waals surface area contributed by atoms with Gasteiger partial charge in [0.15, 0.2) is 0 Å². The fourth-order valence-corrected chi connectivity index (χ4v) is 5.61. The minimum Gasteiger partial charge on any atom is -0.357 e. The van der Waals surface area contributed by atoms with Gasteiger partial charge in [-0.15, -0.1) is 0 Å². The zero-order valence-corrected chi connectivity index (χ0v) is 13.1. The second kappa shape index (κ2) is 4.48. The lowest BCUT2D eigenvalue weighted by molar-refractivity contribution is -0.0134. The summed E-state index contributed by atoms with van der Waals surface area (Å²) in [7, 11) is 0. The summed E-state index contributed by atoms with van der Waals surface area (Å²) in [6.45, 7) is 4.80. The summed E-state index contributed by atoms with van der Waals surface area (Å²) >= 11 is 0. The molecular formula is C18H23N3O. The number of nitrogens with zero attached hydrogens (tertiary/aromatic N) is 1. The van der Waals surface area contributed by atoms with Crippen LogP contribution in [-0.4, -0.2) is 34.0 Å². The van der Waals surface area contributed by atoms with Crippen molar-refractivity contribution < 1.29 is 0 Å². The second-order valence-corrected chi connectivity index (χ2v) is 7.49. The molecule has 4 nitrogen and oxygen atoms in total. The van der Waals surface area contributed by atoms with Crippen LogP contribution in [0.25, 0.3) is 10.9 Å². The SMILES string of the molecule is CCC1CC2CC3c4[nH]c5c[nH]c(=O)cc5c4CCN(C2)C13. The Hall–Kier alpha value is -1.55. The molecule has 2 N–H and O–H groups in total. The van der Waals surface area contributed by atoms with Crippen LogP contribution in [-0.2, 0) is 6.42 Å². The molecule has 3 aliphatic heterocycles. The van der Waals surface area contributed by atoms with Gasteiger partial charge >= 0.3 is 0 Å². The Kier molecular flexibility index (Phi) is 2.63. The topological polar surface area (TPSA) is 51.9 Å². The van der Waals surface area contributed by atoms with Gasteiger partial charge in [-0.2, -0.15) is 0 Å². The van der Waals surface area contributed by atoms with Gasteiger partial charge in [-0.3, -0.25) is 9.69 Å². The van der Waals surface area contributed by atoms with E-state index in [1.807, 2.05) is 6.20 Å². The molecule has 5 heterocycles. The highest BCUT2D eigenvalue weighted by atomic mass is 16.1. The Bertz CT molecular complexity index is 789. The van der Waals surface area contributed by atoms with Gasteiger partial charge in [-0.25, -0.2) is 0 Å². The zero-order chi connectivity index (χ0) is 14.8. The van der Waals surface area contributed by atoms with Crippen molar-refractivity contribution in [3.8, 4) is 0 Å². The van der Waals surface area contributed by atoms with Crippen LogP contribution >= 0.6 is 0 Å². The molecule has 1 saturated carbocycles. The van der Waals surface area contributed by atoms with E-state index < -0.39 is 0 Å². The number of aromatic amines is 2. The Morgan fingerprint density at radius 2 is 2.27 bits per heavy atom. The van der Waals surface area contributed by atoms with E-state index in [0.717, 1.165) is 35.7 Å². The molecule has 0 aromatic carbocycles. The first kappa shape index (κ1) is 12.9. The minimum absolute atomic E-state index is 0.00906. The molecular weight excluding hydrogens is 274 g/mol. The van der Waals surface area contributed by atoms with Crippen LogP contribution in [0.5, 0.6) is 0 Å². The lowest BCUT2D eigenvalue weighted by Crippen LogP contribution is -2.56. The van der Waals surface area contributed by atoms with Gasteiger partial charge in [0.05, 0.1) is 5.52 Å². The predicted molar refractivity (Wildman–Crippen MR) is 87.2 cm³/mol. The van der Waals surface area contributed by atoms with E-state index in [4.69, 9.17) is 0 Å². The molecule has 22 heavy (non-hydrogen) atoms. The number of rotatable bonds is 1. The largest absolute Gasteiger partial charge is 0.357 e. The first-order chi connectivity index (χ1) is 10.7. The summed E-state index contributed by atoms with van der Waals surface area (Å²) in [5.41, 5.74) is 3.96. The minimum atomic E-state index is 0.00906. The molecule has 2 aromatic heterocycles. The van der Waals surface area contributed by atoms with Crippen molar-refractivity contribution in [3.05, 3.63) is 33.9 Å². The highest BCUT2D eigenvalue weighted by Crippen LogP contribution is 2.50. The van der Waals surface area contributed by atoms with Crippen molar-refractivity contribution in [2.45, 2.75) is 44.6 Å². The molecule has 5 unspecified atom stereocenters. The third kappa shape index (κ3) is 1.64. The molecule has 4 bridgehead atoms. The third-order valence-electron chi connectivity index (χ3n) is 6.42. The second-order valence-electron chi connectivity index (χ2n) is 7.49. The van der Waals surface area contributed by atoms with Crippen molar-refractivity contribution in [2.75, 3.05) is 13.1 Å². The number of aromatic nitrogens is 2. The van der Waals surface area contributed by atoms with E-state index in [1.165, 1.54) is 37.1 Å². The van der Waals surface area contributed by atoms with Crippen LogP contribution in [0, 0.1) is 11.8 Å². The maximum absolute atomic E-state index is 11.7. The van der Waals surface area contributed by atoms with Gasteiger partial charge in [0.1, 0.15) is 0 Å². The standard InChI is InChI=1S/C18H23N3O/c1-2-11-5-10-6-14-17-12(3-4-21(9-10)18(11)14)13-7-16(22)19-8-15(13)20-17/h7-8,10-11,14,18,20H,2-6,9H2,1H3,(H,19,22). The Balaban J connectivity index is 1.70. The molecule has 0 radical (unpaired) electrons. The lowest BCUT2D eigenvalue weighted by atomic mass is 9.65. The average Bonchev–Trinajstić information content (AvgIpc) is 2.85. The summed E-state index contributed by atoms with van der Waals surface area (Å²) in [6.07, 6.45) is 6.97. The molecule has 3 fully saturated rings. The van der Waals surface area contributed by atoms with E-state index in [1.54, 1.807) is 6.07 Å². The fraction of sp³-hybridized carbons (Fsp3) is 0.611. The third-order valence-corrected chi connectivity index (χ3v) is 6.42. The zero-order valence-electron chi connectivity index (χ0n) is 13.1. The maximum atomic E-state index is 11.7. The smallest absolute Gasteiger partial charge is 0.248 e. The normalized spacial score (nSPS) is 36.3. The van der Waals surface area contributed by atoms with Crippen molar-refractivity contribution in [1.29, 1.82) is 0 Å². The molecule has 6 rings (SSSR count). The number of pyridine rings is 1. The Labute approximate surface area is 129 Å². The first-order valence-electron chi connectivity index (χ1n) is 8.71. The van der Waals surface area contributed by atoms with Gasteiger partial charge in [-0.05, 0) is 36.7 Å². The molecule has 2 aromatic rings. The number of piperidine rings is 2. The molecule has 2 saturated heterocycles. The van der Waals surface area contributed by atoms with Gasteiger partial charge in [0, 0.05) is 48.4 Å². The predicted octanol–water partition coefficient (Wildman–Crippen LogP) is 2.62. The number of fused-ring (bicyclic) bond motifs is 4. The summed E-state index contributed by atoms with van der Waals surface area (Å²) in [5, 5.41) is 1.15. The van der Waals surface area contributed by atoms with Crippen LogP contribution in [0.3, 0.4) is 0 Å². The van der Waals surface area contributed by atoms with Crippen LogP contribution in [0.2, 0.25) is 0 Å². The van der Waals surface area contributed by atoms with Crippen molar-refractivity contribution >= 4 is 10.9 Å². The number of H-pyrrole nitrogens is 2. The van der Waals surface area contributed by atoms with E-state index in [2.05, 4.69) is 21.8 Å². The maximum Gasteiger partial charge on any atom is 0.248 e. The van der Waals surface area contributed by atoms with Crippen molar-refractivity contribution in [1.82, 2.24) is 14.9 Å². The van der Waals surface area contributed by atoms with E-state index in [9.17, 15) is 4.79 Å². The highest BCUT2D eigenvalue weighted by molar-refractivity contribution is 5.84. The summed E-state index contributed by atoms with van der Waals surface area (Å²) in [4.78, 5) is 21.0. The molecule has 0 amide bonds. The van der Waals surface area contributed by atoms with E-state index in [0.29, 0.717) is 12.0 Å². The summed E-state index contributed by atoms with van der Waals surface area (Å²) < 4.78 is 0. The van der Waals surface area contributed by atoms with Gasteiger partial charge in [0.2, 0.25) is 5.56 Å². The monoisotopic (exact) mass is 297 g/mol. The number of hydrogen-bond acceptors (Lipinski definition) is 2. The van der Waals surface area contributed by atoms with Crippen LogP contribution in [0.1, 0.15) is 43.4 Å². The van der Waals surface area contributed by atoms with Crippen molar-refractivity contribution in [3.63, 3.8) is 0 Å². The van der Waals surface area contributed by atoms with Gasteiger partial charge < -0.3 is 9.97 Å². The van der Waals surface area contributed by atoms with Crippen molar-refractivity contribution in [2.24, 2.45) is 11.8 Å². The highest BCUT2D eigenvalue weighted by Gasteiger charge is 2.48. The molecule has 116 valence electrons. The summed E-state index contributed by atoms with van der Waals surface area (Å²) in [5.74, 6) is 2.34. The molecule has 1 aliphatic carbocycles. The number of hydrogen-bond donors (Lipinski definition) is 2. The lowest BCUT2D eigenvalue weighted by Gasteiger charge is -2.53. The van der Waals surface area contributed by atoms with Gasteiger partial charge in [-0.1, -0.05) is 13.3 Å². The Morgan fingerprint density at radius 1 is 1.36 bits per heavy atom. The Morgan fingerprint density at radius 3 is 3.14 bits per heavy atom. The first-order valence-corrected chi connectivity index (χ1v) is 8.71. The van der Waals surface area contributed by atoms with E-state index in [-0.39, 0.29) is 5.56 Å². The number of nitrogens with one attached hydrogen (secondary N) is 2. The molecule has 4 heteroatoms. The van der Waals surface area contributed by atoms with Crippen LogP contribution in [0.15, 0.2) is 17.1 Å². The molecule has 4 aliphatic rings. The van der Waals surface area contributed by atoms with Crippen LogP contribution < -0.4 is 5.56 Å². The van der Waals surface area contributed by atoms with Crippen LogP contribution in [0.4, 0.5) is 0 Å². The fourth-order valence-electron chi connectivity index (χ4n) is 5.61. The molecule has 0 spiro atoms. The quantitative estimate of drug-likeness (QED) is 0.850. The summed E-state index contributed by atoms with van der Waals surface area (Å²) in [6, 6.07) is 2.49. The van der Waals surface area contributed by atoms with Gasteiger partial charge in [0.25, 0.3) is 0 Å². The van der Waals surface area contributed by atoms with E-state index >= 15 is 0 Å².